The number of alkyl carbamates (subject to hydrolysis) is 1. The van der Waals surface area contributed by atoms with Gasteiger partial charge in [-0.15, -0.1) is 0 Å². The highest BCUT2D eigenvalue weighted by molar-refractivity contribution is 5.96. The number of pyridine rings is 1. The third kappa shape index (κ3) is 7.42. The van der Waals surface area contributed by atoms with Crippen LogP contribution in [0.4, 0.5) is 4.79 Å². The topological polar surface area (TPSA) is 145 Å². The number of nitrogens with zero attached hydrogens (tertiary/aromatic N) is 2. The Morgan fingerprint density at radius 3 is 2.38 bits per heavy atom. The molecule has 4 rings (SSSR count). The van der Waals surface area contributed by atoms with Gasteiger partial charge in [0.1, 0.15) is 35.1 Å². The lowest BCUT2D eigenvalue weighted by atomic mass is 9.85. The summed E-state index contributed by atoms with van der Waals surface area (Å²) in [6.45, 7) is 12.7. The van der Waals surface area contributed by atoms with Gasteiger partial charge in [0.15, 0.2) is 0 Å². The minimum atomic E-state index is -1.14. The fourth-order valence-electron chi connectivity index (χ4n) is 5.88. The highest BCUT2D eigenvalue weighted by atomic mass is 16.6. The summed E-state index contributed by atoms with van der Waals surface area (Å²) in [5.41, 5.74) is -2.65. The fourth-order valence-corrected chi connectivity index (χ4v) is 5.88. The molecular weight excluding hydrogens is 580 g/mol. The Balaban J connectivity index is 1.65. The third-order valence-corrected chi connectivity index (χ3v) is 8.33. The standard InChI is InChI=1S/C33H46N4O8/c1-10-20-17-33(20,29(40)43-9)36-26(38)24-16-22(44-27-23-12-11-21(42-8)15-19(23)13-14-34-27)18-37(24)28(39)25(31(2,3)4)35-30(41)45-32(5,6)7/h11-15,20,22,24-25H,10,16-18H2,1-9H3,(H,35,41)(H,36,38)/t20-,22-,24+,25-,33-/m1/s1. The zero-order chi connectivity index (χ0) is 33.3. The number of esters is 1. The molecule has 3 amide bonds. The number of methoxy groups -OCH3 is 2. The molecule has 2 aliphatic rings. The summed E-state index contributed by atoms with van der Waals surface area (Å²) in [5, 5.41) is 7.25. The van der Waals surface area contributed by atoms with Crippen molar-refractivity contribution in [2.24, 2.45) is 11.3 Å². The number of ether oxygens (including phenoxy) is 4. The van der Waals surface area contributed by atoms with Crippen LogP contribution in [0.1, 0.15) is 67.7 Å². The van der Waals surface area contributed by atoms with Gasteiger partial charge in [-0.3, -0.25) is 9.59 Å². The van der Waals surface area contributed by atoms with Gasteiger partial charge in [0.05, 0.1) is 20.8 Å². The molecule has 0 radical (unpaired) electrons. The summed E-state index contributed by atoms with van der Waals surface area (Å²) in [4.78, 5) is 59.7. The molecule has 1 aromatic heterocycles. The maximum absolute atomic E-state index is 14.3. The number of amides is 3. The van der Waals surface area contributed by atoms with Gasteiger partial charge in [0.25, 0.3) is 0 Å². The zero-order valence-electron chi connectivity index (χ0n) is 27.7. The predicted molar refractivity (Wildman–Crippen MR) is 167 cm³/mol. The second kappa shape index (κ2) is 12.7. The first-order valence-corrected chi connectivity index (χ1v) is 15.3. The molecule has 2 aromatic rings. The van der Waals surface area contributed by atoms with E-state index in [1.54, 1.807) is 40.1 Å². The van der Waals surface area contributed by atoms with Crippen molar-refractivity contribution >= 4 is 34.6 Å². The first kappa shape index (κ1) is 33.8. The van der Waals surface area contributed by atoms with Crippen molar-refractivity contribution in [1.82, 2.24) is 20.5 Å². The average Bonchev–Trinajstić information content (AvgIpc) is 3.52. The van der Waals surface area contributed by atoms with Gasteiger partial charge in [-0.1, -0.05) is 34.1 Å². The monoisotopic (exact) mass is 626 g/mol. The van der Waals surface area contributed by atoms with Crippen LogP contribution in [0, 0.1) is 11.3 Å². The molecule has 0 bridgehead atoms. The molecule has 2 fully saturated rings. The minimum Gasteiger partial charge on any atom is -0.497 e. The van der Waals surface area contributed by atoms with Crippen molar-refractivity contribution in [2.75, 3.05) is 20.8 Å². The van der Waals surface area contributed by atoms with E-state index >= 15 is 0 Å². The van der Waals surface area contributed by atoms with Crippen molar-refractivity contribution in [3.63, 3.8) is 0 Å². The fraction of sp³-hybridized carbons (Fsp3) is 0.606. The largest absolute Gasteiger partial charge is 0.497 e. The summed E-state index contributed by atoms with van der Waals surface area (Å²) in [6, 6.07) is 5.35. The minimum absolute atomic E-state index is 0.0517. The molecule has 12 heteroatoms. The lowest BCUT2D eigenvalue weighted by Gasteiger charge is -2.36. The van der Waals surface area contributed by atoms with Crippen LogP contribution in [-0.2, 0) is 23.9 Å². The summed E-state index contributed by atoms with van der Waals surface area (Å²) >= 11 is 0. The smallest absolute Gasteiger partial charge is 0.408 e. The van der Waals surface area contributed by atoms with E-state index in [0.717, 1.165) is 10.8 Å². The molecule has 1 aliphatic carbocycles. The van der Waals surface area contributed by atoms with Crippen molar-refractivity contribution in [2.45, 2.75) is 97.1 Å². The molecule has 246 valence electrons. The molecular formula is C33H46N4O8. The van der Waals surface area contributed by atoms with Crippen molar-refractivity contribution in [3.05, 3.63) is 30.5 Å². The Morgan fingerprint density at radius 1 is 1.09 bits per heavy atom. The summed E-state index contributed by atoms with van der Waals surface area (Å²) in [6.07, 6.45) is 1.55. The van der Waals surface area contributed by atoms with Crippen LogP contribution in [0.15, 0.2) is 30.5 Å². The van der Waals surface area contributed by atoms with Crippen LogP contribution in [0.2, 0.25) is 0 Å². The van der Waals surface area contributed by atoms with Gasteiger partial charge in [0, 0.05) is 18.0 Å². The van der Waals surface area contributed by atoms with E-state index in [-0.39, 0.29) is 18.9 Å². The number of hydrogen-bond donors (Lipinski definition) is 2. The third-order valence-electron chi connectivity index (χ3n) is 8.33. The Kier molecular flexibility index (Phi) is 9.56. The molecule has 1 aromatic carbocycles. The highest BCUT2D eigenvalue weighted by Crippen LogP contribution is 2.47. The number of likely N-dealkylation sites (tertiary alicyclic amines) is 1. The molecule has 2 heterocycles. The Morgan fingerprint density at radius 2 is 1.80 bits per heavy atom. The first-order valence-electron chi connectivity index (χ1n) is 15.3. The van der Waals surface area contributed by atoms with E-state index in [0.29, 0.717) is 24.5 Å². The van der Waals surface area contributed by atoms with Crippen LogP contribution < -0.4 is 20.1 Å². The number of carbonyl (C=O) groups excluding carboxylic acids is 4. The number of carbonyl (C=O) groups is 4. The van der Waals surface area contributed by atoms with Crippen LogP contribution >= 0.6 is 0 Å². The number of aromatic nitrogens is 1. The molecule has 5 atom stereocenters. The molecule has 2 N–H and O–H groups in total. The number of rotatable bonds is 9. The van der Waals surface area contributed by atoms with E-state index in [2.05, 4.69) is 15.6 Å². The summed E-state index contributed by atoms with van der Waals surface area (Å²) < 4.78 is 22.2. The quantitative estimate of drug-likeness (QED) is 0.395. The second-order valence-electron chi connectivity index (χ2n) is 13.9. The Bertz CT molecular complexity index is 1450. The van der Waals surface area contributed by atoms with Crippen LogP contribution in [-0.4, -0.2) is 83.9 Å². The highest BCUT2D eigenvalue weighted by Gasteiger charge is 2.62. The molecule has 1 saturated heterocycles. The maximum atomic E-state index is 14.3. The van der Waals surface area contributed by atoms with Crippen molar-refractivity contribution in [3.8, 4) is 11.6 Å². The van der Waals surface area contributed by atoms with Crippen LogP contribution in [0.25, 0.3) is 10.8 Å². The van der Waals surface area contributed by atoms with Crippen LogP contribution in [0.3, 0.4) is 0 Å². The summed E-state index contributed by atoms with van der Waals surface area (Å²) in [5.74, 6) is -0.501. The van der Waals surface area contributed by atoms with E-state index in [1.807, 2.05) is 45.9 Å². The van der Waals surface area contributed by atoms with Gasteiger partial charge < -0.3 is 34.5 Å². The summed E-state index contributed by atoms with van der Waals surface area (Å²) in [7, 11) is 2.88. The normalized spacial score (nSPS) is 23.6. The first-order chi connectivity index (χ1) is 21.0. The van der Waals surface area contributed by atoms with Gasteiger partial charge in [-0.05, 0) is 68.2 Å². The SMILES string of the molecule is CC[C@@H]1C[C@]1(NC(=O)[C@@H]1C[C@@H](Oc2nccc3cc(OC)ccc23)CN1C(=O)[C@@H](NC(=O)OC(C)(C)C)C(C)(C)C)C(=O)OC. The molecule has 0 spiro atoms. The lowest BCUT2D eigenvalue weighted by Crippen LogP contribution is -2.59. The van der Waals surface area contributed by atoms with E-state index < -0.39 is 58.6 Å². The molecule has 45 heavy (non-hydrogen) atoms. The maximum Gasteiger partial charge on any atom is 0.408 e. The Hall–Kier alpha value is -4.09. The molecule has 1 saturated carbocycles. The average molecular weight is 627 g/mol. The van der Waals surface area contributed by atoms with E-state index in [4.69, 9.17) is 18.9 Å². The lowest BCUT2D eigenvalue weighted by molar-refractivity contribution is -0.148. The Labute approximate surface area is 264 Å². The molecule has 0 unspecified atom stereocenters. The van der Waals surface area contributed by atoms with Gasteiger partial charge in [0.2, 0.25) is 17.7 Å². The number of benzene rings is 1. The van der Waals surface area contributed by atoms with E-state index in [1.165, 1.54) is 12.0 Å². The molecule has 12 nitrogen and oxygen atoms in total. The van der Waals surface area contributed by atoms with Gasteiger partial charge in [-0.25, -0.2) is 14.6 Å². The number of nitrogens with one attached hydrogen (secondary N) is 2. The number of hydrogen-bond acceptors (Lipinski definition) is 9. The van der Waals surface area contributed by atoms with Gasteiger partial charge >= 0.3 is 12.1 Å². The van der Waals surface area contributed by atoms with Crippen molar-refractivity contribution < 1.29 is 38.1 Å². The number of fused-ring (bicyclic) bond motifs is 1. The molecule has 1 aliphatic heterocycles. The van der Waals surface area contributed by atoms with E-state index in [9.17, 15) is 19.2 Å². The predicted octanol–water partition coefficient (Wildman–Crippen LogP) is 3.99. The zero-order valence-corrected chi connectivity index (χ0v) is 27.7. The second-order valence-corrected chi connectivity index (χ2v) is 13.9. The van der Waals surface area contributed by atoms with Crippen molar-refractivity contribution in [1.29, 1.82) is 0 Å². The van der Waals surface area contributed by atoms with Crippen LogP contribution in [0.5, 0.6) is 11.6 Å². The van der Waals surface area contributed by atoms with Gasteiger partial charge in [-0.2, -0.15) is 0 Å².